The topological polar surface area (TPSA) is 145 Å². The average molecular weight is 665 g/mol. The standard InChI is InChI=1S/C38H40N4O7/c1-5-39-36(47)38(37(48)40-6-2,28-17-11-8-12-18-28)25-49-33(44)24-26-21-22-30(29(23-26)35(46)41(3)4)42(31-19-13-14-20-32(31)43)34(45)27-15-9-7-10-16-27/h7-23,43H,5-6,24-25H2,1-4H3,(H,39,47)(H,40,48). The van der Waals surface area contributed by atoms with Crippen molar-refractivity contribution in [2.24, 2.45) is 0 Å². The molecule has 49 heavy (non-hydrogen) atoms. The molecule has 11 nitrogen and oxygen atoms in total. The third-order valence-electron chi connectivity index (χ3n) is 7.80. The molecule has 0 spiro atoms. The maximum absolute atomic E-state index is 14.0. The summed E-state index contributed by atoms with van der Waals surface area (Å²) in [5, 5.41) is 16.2. The lowest BCUT2D eigenvalue weighted by molar-refractivity contribution is -0.150. The number of nitrogens with one attached hydrogen (secondary N) is 2. The summed E-state index contributed by atoms with van der Waals surface area (Å²) in [6.07, 6.45) is -0.313. The number of esters is 1. The fraction of sp³-hybridized carbons (Fsp3) is 0.237. The molecule has 0 fully saturated rings. The molecule has 4 aromatic rings. The summed E-state index contributed by atoms with van der Waals surface area (Å²) in [5.41, 5.74) is -0.366. The van der Waals surface area contributed by atoms with E-state index in [9.17, 15) is 29.1 Å². The lowest BCUT2D eigenvalue weighted by Crippen LogP contribution is -2.57. The average Bonchev–Trinajstić information content (AvgIpc) is 3.10. The van der Waals surface area contributed by atoms with Gasteiger partial charge < -0.3 is 25.4 Å². The van der Waals surface area contributed by atoms with E-state index in [0.717, 1.165) is 0 Å². The van der Waals surface area contributed by atoms with Crippen molar-refractivity contribution in [2.75, 3.05) is 38.7 Å². The summed E-state index contributed by atoms with van der Waals surface area (Å²) in [5.74, 6) is -3.10. The minimum Gasteiger partial charge on any atom is -0.506 e. The van der Waals surface area contributed by atoms with Crippen molar-refractivity contribution < 1.29 is 33.8 Å². The van der Waals surface area contributed by atoms with Crippen molar-refractivity contribution in [3.8, 4) is 5.75 Å². The van der Waals surface area contributed by atoms with E-state index in [4.69, 9.17) is 4.74 Å². The molecule has 4 aromatic carbocycles. The lowest BCUT2D eigenvalue weighted by Gasteiger charge is -2.31. The smallest absolute Gasteiger partial charge is 0.310 e. The van der Waals surface area contributed by atoms with Crippen LogP contribution < -0.4 is 15.5 Å². The van der Waals surface area contributed by atoms with Crippen molar-refractivity contribution in [1.29, 1.82) is 0 Å². The summed E-state index contributed by atoms with van der Waals surface area (Å²) in [6.45, 7) is 3.38. The molecule has 4 rings (SSSR count). The van der Waals surface area contributed by atoms with Crippen molar-refractivity contribution in [3.63, 3.8) is 0 Å². The molecule has 0 heterocycles. The summed E-state index contributed by atoms with van der Waals surface area (Å²) in [4.78, 5) is 70.5. The molecule has 4 amide bonds. The number of likely N-dealkylation sites (N-methyl/N-ethyl adjacent to an activating group) is 2. The van der Waals surface area contributed by atoms with Crippen LogP contribution in [0.2, 0.25) is 0 Å². The summed E-state index contributed by atoms with van der Waals surface area (Å²) in [7, 11) is 3.12. The largest absolute Gasteiger partial charge is 0.506 e. The molecule has 0 bridgehead atoms. The van der Waals surface area contributed by atoms with Gasteiger partial charge in [-0.05, 0) is 61.4 Å². The molecule has 254 valence electrons. The Morgan fingerprint density at radius 3 is 1.86 bits per heavy atom. The van der Waals surface area contributed by atoms with E-state index in [0.29, 0.717) is 16.7 Å². The van der Waals surface area contributed by atoms with Gasteiger partial charge in [0.1, 0.15) is 12.4 Å². The van der Waals surface area contributed by atoms with E-state index in [2.05, 4.69) is 10.6 Å². The Bertz CT molecular complexity index is 1790. The molecule has 0 atom stereocenters. The van der Waals surface area contributed by atoms with Gasteiger partial charge >= 0.3 is 5.97 Å². The van der Waals surface area contributed by atoms with Gasteiger partial charge in [0.15, 0.2) is 5.41 Å². The van der Waals surface area contributed by atoms with Gasteiger partial charge in [-0.15, -0.1) is 0 Å². The highest BCUT2D eigenvalue weighted by atomic mass is 16.5. The van der Waals surface area contributed by atoms with Crippen LogP contribution >= 0.6 is 0 Å². The van der Waals surface area contributed by atoms with Crippen LogP contribution in [-0.2, 0) is 31.0 Å². The Labute approximate surface area is 285 Å². The second-order valence-electron chi connectivity index (χ2n) is 11.4. The first-order valence-corrected chi connectivity index (χ1v) is 15.8. The van der Waals surface area contributed by atoms with E-state index in [1.54, 1.807) is 113 Å². The summed E-state index contributed by atoms with van der Waals surface area (Å²) >= 11 is 0. The second kappa shape index (κ2) is 16.2. The molecule has 0 saturated heterocycles. The SMILES string of the molecule is CCNC(=O)C(COC(=O)Cc1ccc(N(C(=O)c2ccccc2)c2ccccc2O)c(C(=O)N(C)C)c1)(C(=O)NCC)c1ccccc1. The zero-order valence-corrected chi connectivity index (χ0v) is 27.9. The number of benzene rings is 4. The number of rotatable bonds is 13. The van der Waals surface area contributed by atoms with E-state index < -0.39 is 41.6 Å². The number of phenols is 1. The highest BCUT2D eigenvalue weighted by Gasteiger charge is 2.48. The van der Waals surface area contributed by atoms with Crippen LogP contribution in [0, 0.1) is 0 Å². The number of ether oxygens (including phenoxy) is 1. The Morgan fingerprint density at radius 2 is 1.29 bits per heavy atom. The number of nitrogens with zero attached hydrogens (tertiary/aromatic N) is 2. The fourth-order valence-electron chi connectivity index (χ4n) is 5.34. The zero-order chi connectivity index (χ0) is 35.6. The van der Waals surface area contributed by atoms with Gasteiger partial charge in [0.25, 0.3) is 11.8 Å². The van der Waals surface area contributed by atoms with Gasteiger partial charge in [-0.2, -0.15) is 0 Å². The molecule has 0 aliphatic carbocycles. The summed E-state index contributed by atoms with van der Waals surface area (Å²) < 4.78 is 5.65. The number of carbonyl (C=O) groups is 5. The maximum Gasteiger partial charge on any atom is 0.310 e. The molecule has 0 saturated carbocycles. The number of aromatic hydroxyl groups is 1. The van der Waals surface area contributed by atoms with Crippen LogP contribution in [0.25, 0.3) is 0 Å². The van der Waals surface area contributed by atoms with E-state index in [-0.39, 0.29) is 42.2 Å². The first-order valence-electron chi connectivity index (χ1n) is 15.8. The lowest BCUT2D eigenvalue weighted by atomic mass is 9.79. The molecule has 0 unspecified atom stereocenters. The van der Waals surface area contributed by atoms with Crippen molar-refractivity contribution in [1.82, 2.24) is 15.5 Å². The highest BCUT2D eigenvalue weighted by molar-refractivity contribution is 6.15. The molecular weight excluding hydrogens is 624 g/mol. The van der Waals surface area contributed by atoms with E-state index in [1.807, 2.05) is 0 Å². The molecule has 0 aromatic heterocycles. The number of phenolic OH excluding ortho intramolecular Hbond substituents is 1. The number of amides is 4. The van der Waals surface area contributed by atoms with Gasteiger partial charge in [0.2, 0.25) is 11.8 Å². The predicted molar refractivity (Wildman–Crippen MR) is 186 cm³/mol. The highest BCUT2D eigenvalue weighted by Crippen LogP contribution is 2.37. The van der Waals surface area contributed by atoms with Crippen LogP contribution in [0.3, 0.4) is 0 Å². The monoisotopic (exact) mass is 664 g/mol. The van der Waals surface area contributed by atoms with Gasteiger partial charge in [0.05, 0.1) is 23.4 Å². The second-order valence-corrected chi connectivity index (χ2v) is 11.4. The van der Waals surface area contributed by atoms with Gasteiger partial charge in [-0.1, -0.05) is 66.7 Å². The number of hydrogen-bond donors (Lipinski definition) is 3. The first kappa shape index (κ1) is 35.9. The van der Waals surface area contributed by atoms with Crippen molar-refractivity contribution in [3.05, 3.63) is 125 Å². The van der Waals surface area contributed by atoms with Crippen LogP contribution in [0.5, 0.6) is 5.75 Å². The Hall–Kier alpha value is -5.97. The third kappa shape index (κ3) is 7.95. The molecule has 3 N–H and O–H groups in total. The molecular formula is C38H40N4O7. The fourth-order valence-corrected chi connectivity index (χ4v) is 5.34. The number of para-hydroxylation sites is 2. The van der Waals surface area contributed by atoms with Crippen molar-refractivity contribution >= 4 is 41.0 Å². The van der Waals surface area contributed by atoms with Crippen LogP contribution in [-0.4, -0.2) is 73.4 Å². The Kier molecular flexibility index (Phi) is 11.9. The van der Waals surface area contributed by atoms with E-state index in [1.165, 1.54) is 28.0 Å². The number of hydrogen-bond acceptors (Lipinski definition) is 7. The maximum atomic E-state index is 14.0. The minimum atomic E-state index is -1.85. The molecule has 11 heteroatoms. The van der Waals surface area contributed by atoms with Crippen molar-refractivity contribution in [2.45, 2.75) is 25.7 Å². The van der Waals surface area contributed by atoms with Gasteiger partial charge in [-0.25, -0.2) is 0 Å². The first-order chi connectivity index (χ1) is 23.5. The Balaban J connectivity index is 1.72. The third-order valence-corrected chi connectivity index (χ3v) is 7.80. The molecule has 0 aliphatic rings. The normalized spacial score (nSPS) is 10.9. The minimum absolute atomic E-state index is 0.0890. The number of anilines is 2. The van der Waals surface area contributed by atoms with Gasteiger partial charge in [0, 0.05) is 32.7 Å². The van der Waals surface area contributed by atoms with Crippen LogP contribution in [0.1, 0.15) is 45.7 Å². The number of carbonyl (C=O) groups excluding carboxylic acids is 5. The predicted octanol–water partition coefficient (Wildman–Crippen LogP) is 4.37. The molecule has 0 radical (unpaired) electrons. The quantitative estimate of drug-likeness (QED) is 0.142. The molecule has 0 aliphatic heterocycles. The van der Waals surface area contributed by atoms with Gasteiger partial charge in [-0.3, -0.25) is 28.9 Å². The van der Waals surface area contributed by atoms with E-state index >= 15 is 0 Å². The summed E-state index contributed by atoms with van der Waals surface area (Å²) in [6, 6.07) is 27.7. The van der Waals surface area contributed by atoms with Crippen LogP contribution in [0.4, 0.5) is 11.4 Å². The van der Waals surface area contributed by atoms with Crippen LogP contribution in [0.15, 0.2) is 103 Å². The zero-order valence-electron chi connectivity index (χ0n) is 27.9. The Morgan fingerprint density at radius 1 is 0.714 bits per heavy atom.